The summed E-state index contributed by atoms with van der Waals surface area (Å²) < 4.78 is 77.6. The molecule has 0 saturated heterocycles. The molecule has 2 N–H and O–H groups in total. The van der Waals surface area contributed by atoms with Gasteiger partial charge in [-0.3, -0.25) is 0 Å². The maximum absolute atomic E-state index is 12.8. The zero-order valence-corrected chi connectivity index (χ0v) is 15.1. The fourth-order valence-corrected chi connectivity index (χ4v) is 2.44. The predicted molar refractivity (Wildman–Crippen MR) is 91.3 cm³/mol. The van der Waals surface area contributed by atoms with Crippen LogP contribution in [-0.2, 0) is 18.8 Å². The van der Waals surface area contributed by atoms with E-state index in [4.69, 9.17) is 0 Å². The molecule has 0 aliphatic rings. The van der Waals surface area contributed by atoms with Gasteiger partial charge in [0, 0.05) is 16.7 Å². The molecule has 146 valence electrons. The van der Waals surface area contributed by atoms with Gasteiger partial charge < -0.3 is 10.6 Å². The van der Waals surface area contributed by atoms with Crippen LogP contribution in [0.5, 0.6) is 0 Å². The van der Waals surface area contributed by atoms with Crippen LogP contribution in [0.3, 0.4) is 0 Å². The molecule has 0 aliphatic heterocycles. The second kappa shape index (κ2) is 8.20. The molecule has 0 atom stereocenters. The van der Waals surface area contributed by atoms with Crippen molar-refractivity contribution in [3.8, 4) is 0 Å². The number of halogens is 7. The summed E-state index contributed by atoms with van der Waals surface area (Å²) >= 11 is 3.27. The van der Waals surface area contributed by atoms with E-state index in [1.165, 1.54) is 0 Å². The van der Waals surface area contributed by atoms with Crippen molar-refractivity contribution >= 4 is 27.6 Å². The molecule has 2 aromatic carbocycles. The molecular weight excluding hydrogens is 442 g/mol. The van der Waals surface area contributed by atoms with Gasteiger partial charge in [-0.05, 0) is 42.3 Å². The number of anilines is 1. The highest BCUT2D eigenvalue weighted by Gasteiger charge is 2.37. The first-order chi connectivity index (χ1) is 12.4. The Morgan fingerprint density at radius 3 is 1.89 bits per heavy atom. The van der Waals surface area contributed by atoms with Crippen molar-refractivity contribution in [2.45, 2.75) is 18.8 Å². The number of carbonyl (C=O) groups excluding carboxylic acids is 1. The lowest BCUT2D eigenvalue weighted by atomic mass is 10.1. The van der Waals surface area contributed by atoms with Crippen LogP contribution < -0.4 is 10.6 Å². The standard InChI is InChI=1S/C17H13BrF6N2O/c18-13-3-1-10(2-4-13)5-6-25-15(27)26-14-8-11(16(19,20)21)7-12(9-14)17(22,23)24/h1-4,7-9H,5-6H2,(H2,25,26,27). The molecule has 0 fully saturated rings. The molecule has 0 radical (unpaired) electrons. The number of benzene rings is 2. The Morgan fingerprint density at radius 1 is 0.889 bits per heavy atom. The average Bonchev–Trinajstić information content (AvgIpc) is 2.55. The van der Waals surface area contributed by atoms with Crippen LogP contribution in [0.2, 0.25) is 0 Å². The van der Waals surface area contributed by atoms with E-state index in [1.807, 2.05) is 17.4 Å². The molecule has 0 aromatic heterocycles. The average molecular weight is 455 g/mol. The summed E-state index contributed by atoms with van der Waals surface area (Å²) in [5.74, 6) is 0. The minimum absolute atomic E-state index is 0.00335. The highest BCUT2D eigenvalue weighted by molar-refractivity contribution is 9.10. The number of rotatable bonds is 4. The number of alkyl halides is 6. The van der Waals surface area contributed by atoms with Crippen molar-refractivity contribution in [1.29, 1.82) is 0 Å². The Hall–Kier alpha value is -2.23. The second-order valence-electron chi connectivity index (χ2n) is 5.55. The SMILES string of the molecule is O=C(NCCc1ccc(Br)cc1)Nc1cc(C(F)(F)F)cc(C(F)(F)F)c1. The number of urea groups is 1. The van der Waals surface area contributed by atoms with Crippen molar-refractivity contribution in [3.63, 3.8) is 0 Å². The van der Waals surface area contributed by atoms with Gasteiger partial charge in [0.2, 0.25) is 0 Å². The van der Waals surface area contributed by atoms with Gasteiger partial charge in [-0.2, -0.15) is 26.3 Å². The van der Waals surface area contributed by atoms with Crippen molar-refractivity contribution in [3.05, 3.63) is 63.6 Å². The summed E-state index contributed by atoms with van der Waals surface area (Å²) in [7, 11) is 0. The van der Waals surface area contributed by atoms with Gasteiger partial charge in [-0.25, -0.2) is 4.79 Å². The normalized spacial score (nSPS) is 12.0. The molecule has 10 heteroatoms. The first-order valence-electron chi connectivity index (χ1n) is 7.54. The van der Waals surface area contributed by atoms with E-state index in [1.54, 1.807) is 12.1 Å². The number of hydrogen-bond acceptors (Lipinski definition) is 1. The Balaban J connectivity index is 2.04. The summed E-state index contributed by atoms with van der Waals surface area (Å²) in [4.78, 5) is 11.8. The number of nitrogens with one attached hydrogen (secondary N) is 2. The van der Waals surface area contributed by atoms with E-state index in [0.717, 1.165) is 10.0 Å². The summed E-state index contributed by atoms with van der Waals surface area (Å²) in [5, 5.41) is 4.39. The summed E-state index contributed by atoms with van der Waals surface area (Å²) in [5.41, 5.74) is -2.69. The van der Waals surface area contributed by atoms with Crippen molar-refractivity contribution < 1.29 is 31.1 Å². The monoisotopic (exact) mass is 454 g/mol. The summed E-state index contributed by atoms with van der Waals surface area (Å²) in [6.45, 7) is 0.151. The summed E-state index contributed by atoms with van der Waals surface area (Å²) in [6, 6.07) is 7.22. The van der Waals surface area contributed by atoms with Crippen LogP contribution in [0, 0.1) is 0 Å². The molecule has 2 aromatic rings. The molecule has 0 saturated carbocycles. The van der Waals surface area contributed by atoms with Crippen LogP contribution in [-0.4, -0.2) is 12.6 Å². The zero-order chi connectivity index (χ0) is 20.2. The molecule has 3 nitrogen and oxygen atoms in total. The third-order valence-electron chi connectivity index (χ3n) is 3.46. The molecule has 2 amide bonds. The van der Waals surface area contributed by atoms with Crippen LogP contribution >= 0.6 is 15.9 Å². The lowest BCUT2D eigenvalue weighted by Gasteiger charge is -2.15. The number of hydrogen-bond donors (Lipinski definition) is 2. The minimum atomic E-state index is -4.98. The third kappa shape index (κ3) is 6.46. The van der Waals surface area contributed by atoms with Gasteiger partial charge >= 0.3 is 18.4 Å². The van der Waals surface area contributed by atoms with Crippen LogP contribution in [0.25, 0.3) is 0 Å². The van der Waals surface area contributed by atoms with Gasteiger partial charge in [0.1, 0.15) is 0 Å². The quantitative estimate of drug-likeness (QED) is 0.558. The van der Waals surface area contributed by atoms with Crippen LogP contribution in [0.1, 0.15) is 16.7 Å². The second-order valence-corrected chi connectivity index (χ2v) is 6.47. The van der Waals surface area contributed by atoms with E-state index < -0.39 is 35.2 Å². The Bertz CT molecular complexity index is 770. The highest BCUT2D eigenvalue weighted by Crippen LogP contribution is 2.37. The van der Waals surface area contributed by atoms with E-state index in [0.29, 0.717) is 18.6 Å². The molecule has 0 bridgehead atoms. The topological polar surface area (TPSA) is 41.1 Å². The highest BCUT2D eigenvalue weighted by atomic mass is 79.9. The molecule has 2 rings (SSSR count). The van der Waals surface area contributed by atoms with Gasteiger partial charge in [-0.1, -0.05) is 28.1 Å². The van der Waals surface area contributed by atoms with Gasteiger partial charge in [0.05, 0.1) is 11.1 Å². The van der Waals surface area contributed by atoms with Gasteiger partial charge in [-0.15, -0.1) is 0 Å². The largest absolute Gasteiger partial charge is 0.416 e. The fraction of sp³-hybridized carbons (Fsp3) is 0.235. The lowest BCUT2D eigenvalue weighted by Crippen LogP contribution is -2.30. The Morgan fingerprint density at radius 2 is 1.41 bits per heavy atom. The molecule has 27 heavy (non-hydrogen) atoms. The Labute approximate surface area is 158 Å². The maximum Gasteiger partial charge on any atom is 0.416 e. The fourth-order valence-electron chi connectivity index (χ4n) is 2.17. The molecule has 0 unspecified atom stereocenters. The minimum Gasteiger partial charge on any atom is -0.338 e. The molecule has 0 spiro atoms. The van der Waals surface area contributed by atoms with Crippen molar-refractivity contribution in [2.75, 3.05) is 11.9 Å². The van der Waals surface area contributed by atoms with E-state index >= 15 is 0 Å². The summed E-state index contributed by atoms with van der Waals surface area (Å²) in [6.07, 6.45) is -9.51. The van der Waals surface area contributed by atoms with E-state index in [-0.39, 0.29) is 12.6 Å². The molecule has 0 heterocycles. The Kier molecular flexibility index (Phi) is 6.40. The molecular formula is C17H13BrF6N2O. The number of amides is 2. The van der Waals surface area contributed by atoms with Gasteiger partial charge in [0.15, 0.2) is 0 Å². The predicted octanol–water partition coefficient (Wildman–Crippen LogP) is 5.85. The first kappa shape index (κ1) is 21.1. The number of carbonyl (C=O) groups is 1. The van der Waals surface area contributed by atoms with Crippen molar-refractivity contribution in [1.82, 2.24) is 5.32 Å². The van der Waals surface area contributed by atoms with Crippen LogP contribution in [0.4, 0.5) is 36.8 Å². The zero-order valence-electron chi connectivity index (χ0n) is 13.5. The smallest absolute Gasteiger partial charge is 0.338 e. The lowest BCUT2D eigenvalue weighted by molar-refractivity contribution is -0.143. The van der Waals surface area contributed by atoms with E-state index in [9.17, 15) is 31.1 Å². The maximum atomic E-state index is 12.8. The van der Waals surface area contributed by atoms with Crippen molar-refractivity contribution in [2.24, 2.45) is 0 Å². The van der Waals surface area contributed by atoms with Gasteiger partial charge in [0.25, 0.3) is 0 Å². The van der Waals surface area contributed by atoms with Crippen LogP contribution in [0.15, 0.2) is 46.9 Å². The molecule has 0 aliphatic carbocycles. The third-order valence-corrected chi connectivity index (χ3v) is 3.99. The first-order valence-corrected chi connectivity index (χ1v) is 8.33. The van der Waals surface area contributed by atoms with E-state index in [2.05, 4.69) is 21.2 Å².